The van der Waals surface area contributed by atoms with Crippen LogP contribution < -0.4 is 30.0 Å². The molecule has 0 fully saturated rings. The van der Waals surface area contributed by atoms with Crippen LogP contribution >= 0.6 is 0 Å². The van der Waals surface area contributed by atoms with Gasteiger partial charge in [0.05, 0.1) is 22.1 Å². The second-order valence-electron chi connectivity index (χ2n) is 15.6. The molecule has 0 amide bonds. The Bertz CT molecular complexity index is 2740. The van der Waals surface area contributed by atoms with Crippen molar-refractivity contribution in [3.63, 3.8) is 0 Å². The number of fused-ring (bicyclic) bond motifs is 1. The van der Waals surface area contributed by atoms with E-state index in [1.165, 1.54) is 66.3 Å². The normalized spacial score (nSPS) is 12.8. The number of carbonyl (C=O) groups is 2. The summed E-state index contributed by atoms with van der Waals surface area (Å²) < 4.78 is 67.8. The molecule has 16 heterocycles. The van der Waals surface area contributed by atoms with Gasteiger partial charge in [-0.2, -0.15) is 35.5 Å². The van der Waals surface area contributed by atoms with Gasteiger partial charge >= 0.3 is 12.4 Å². The largest absolute Gasteiger partial charge is 0.542 e. The van der Waals surface area contributed by atoms with Gasteiger partial charge in [-0.1, -0.05) is 121 Å². The number of pyridine rings is 2. The van der Waals surface area contributed by atoms with Crippen molar-refractivity contribution in [1.29, 1.82) is 0 Å². The lowest BCUT2D eigenvalue weighted by Crippen LogP contribution is -2.37. The van der Waals surface area contributed by atoms with E-state index in [1.54, 1.807) is 0 Å². The number of carboxylic acids is 2. The van der Waals surface area contributed by atoms with Crippen LogP contribution in [0.4, 0.5) is 37.7 Å². The van der Waals surface area contributed by atoms with Crippen LogP contribution in [0.2, 0.25) is 0 Å². The molecule has 6 aromatic carbocycles. The van der Waals surface area contributed by atoms with Crippen LogP contribution in [0.3, 0.4) is 0 Å². The number of aromatic nitrogens is 2. The second kappa shape index (κ2) is 20.4. The molecule has 0 saturated carbocycles. The van der Waals surface area contributed by atoms with Crippen molar-refractivity contribution in [1.82, 2.24) is 0 Å². The first-order valence-corrected chi connectivity index (χ1v) is 20.8. The summed E-state index contributed by atoms with van der Waals surface area (Å²) in [4.78, 5) is 17.6. The van der Waals surface area contributed by atoms with Gasteiger partial charge in [-0.05, 0) is 58.4 Å². The fourth-order valence-electron chi connectivity index (χ4n) is 7.49. The topological polar surface area (TPSA) is 112 Å². The molecule has 0 unspecified atom stereocenters. The number of nitrogens with zero attached hydrogens (tertiary/aromatic N) is 2. The molecule has 0 aliphatic carbocycles. The number of aliphatic carboxylic acids is 2. The highest BCUT2D eigenvalue weighted by atomic mass is 19.4. The summed E-state index contributed by atoms with van der Waals surface area (Å²) in [5.74, 6) is -6.01. The number of para-hydroxylation sites is 2. The molecule has 0 atom stereocenters. The van der Waals surface area contributed by atoms with Crippen LogP contribution in [0.5, 0.6) is 0 Å². The quantitative estimate of drug-likeness (QED) is 0.118. The Morgan fingerprint density at radius 3 is 0.985 bits per heavy atom. The van der Waals surface area contributed by atoms with E-state index in [1.807, 2.05) is 0 Å². The number of anilines is 2. The molecular formula is C52H42F6N4O4. The van der Waals surface area contributed by atoms with E-state index in [-0.39, 0.29) is 0 Å². The van der Waals surface area contributed by atoms with E-state index in [0.29, 0.717) is 0 Å². The Morgan fingerprint density at radius 1 is 0.409 bits per heavy atom. The van der Waals surface area contributed by atoms with Crippen molar-refractivity contribution in [2.75, 3.05) is 10.6 Å². The molecule has 8 nitrogen and oxygen atoms in total. The lowest BCUT2D eigenvalue weighted by atomic mass is 10.0. The number of nitrogens with one attached hydrogen (secondary N) is 2. The number of halogens is 6. The van der Waals surface area contributed by atoms with E-state index >= 15 is 0 Å². The highest BCUT2D eigenvalue weighted by molar-refractivity contribution is 5.89. The monoisotopic (exact) mass is 900 g/mol. The van der Waals surface area contributed by atoms with Gasteiger partial charge in [0.15, 0.2) is 25.5 Å². The highest BCUT2D eigenvalue weighted by Crippen LogP contribution is 2.24. The smallest absolute Gasteiger partial charge is 0.430 e. The lowest BCUT2D eigenvalue weighted by Gasteiger charge is -2.12. The molecule has 12 bridgehead atoms. The summed E-state index contributed by atoms with van der Waals surface area (Å²) in [5.41, 5.74) is 15.2. The standard InChI is InChI=1S/C48H40N4.2C2HF3O2/c1-3-7-47-43(5-1)45-25-27-51(47)33-41-21-13-37(14-22-41)30-38-15-23-42(24-16-38)34-52-28-26-46(44-6-2-4-8-48(44)52)50-32-40-19-11-36(12-20-40)29-35-9-17-39(18-10-35)31-49-45;2*3-2(4,5)1(6)7/h1-28H,29-34H2;2*(H,6,7). The molecule has 14 aliphatic rings. The van der Waals surface area contributed by atoms with Crippen LogP contribution in [-0.4, -0.2) is 24.3 Å². The number of rotatable bonds is 0. The third kappa shape index (κ3) is 12.3. The number of hydrogen-bond acceptors (Lipinski definition) is 6. The van der Waals surface area contributed by atoms with Gasteiger partial charge in [-0.25, -0.2) is 0 Å². The van der Waals surface area contributed by atoms with Crippen molar-refractivity contribution in [3.8, 4) is 0 Å². The minimum Gasteiger partial charge on any atom is -0.542 e. The maximum absolute atomic E-state index is 10.5. The van der Waals surface area contributed by atoms with Crippen molar-refractivity contribution in [2.24, 2.45) is 0 Å². The second-order valence-corrected chi connectivity index (χ2v) is 15.6. The maximum atomic E-state index is 10.5. The molecule has 22 rings (SSSR count). The summed E-state index contributed by atoms with van der Waals surface area (Å²) in [5, 5.41) is 27.5. The van der Waals surface area contributed by atoms with Crippen LogP contribution in [0.15, 0.2) is 170 Å². The molecule has 2 N–H and O–H groups in total. The van der Waals surface area contributed by atoms with Gasteiger partial charge in [0.25, 0.3) is 0 Å². The number of carboxylic acid groups (broad SMARTS) is 2. The number of carbonyl (C=O) groups excluding carboxylic acids is 2. The fraction of sp³-hybridized carbons (Fsp3) is 0.154. The Balaban J connectivity index is 0.000000404. The van der Waals surface area contributed by atoms with Crippen LogP contribution in [0.1, 0.15) is 44.5 Å². The van der Waals surface area contributed by atoms with Gasteiger partial charge in [-0.15, -0.1) is 0 Å². The molecule has 0 spiro atoms. The zero-order chi connectivity index (χ0) is 46.8. The molecule has 66 heavy (non-hydrogen) atoms. The fourth-order valence-corrected chi connectivity index (χ4v) is 7.49. The van der Waals surface area contributed by atoms with Crippen molar-refractivity contribution in [3.05, 3.63) is 215 Å². The van der Waals surface area contributed by atoms with Gasteiger partial charge < -0.3 is 30.4 Å². The minimum atomic E-state index is -5.19. The summed E-state index contributed by atoms with van der Waals surface area (Å²) in [7, 11) is 0. The molecule has 14 aliphatic heterocycles. The Morgan fingerprint density at radius 2 is 0.682 bits per heavy atom. The zero-order valence-corrected chi connectivity index (χ0v) is 35.2. The van der Waals surface area contributed by atoms with Crippen molar-refractivity contribution in [2.45, 2.75) is 51.4 Å². The Hall–Kier alpha value is -7.74. The molecule has 0 radical (unpaired) electrons. The Kier molecular flexibility index (Phi) is 14.3. The number of alkyl halides is 6. The van der Waals surface area contributed by atoms with Gasteiger partial charge in [-0.3, -0.25) is 0 Å². The molecule has 8 aromatic rings. The number of hydrogen-bond donors (Lipinski definition) is 2. The van der Waals surface area contributed by atoms with E-state index in [0.717, 1.165) is 50.4 Å². The highest BCUT2D eigenvalue weighted by Gasteiger charge is 2.29. The van der Waals surface area contributed by atoms with Crippen LogP contribution in [0.25, 0.3) is 21.8 Å². The van der Waals surface area contributed by atoms with Crippen LogP contribution in [-0.2, 0) is 48.6 Å². The Labute approximate surface area is 376 Å². The lowest BCUT2D eigenvalue weighted by molar-refractivity contribution is -0.662. The molecule has 0 saturated heterocycles. The van der Waals surface area contributed by atoms with E-state index in [2.05, 4.69) is 190 Å². The van der Waals surface area contributed by atoms with Crippen molar-refractivity contribution < 1.29 is 55.3 Å². The van der Waals surface area contributed by atoms with Crippen molar-refractivity contribution >= 4 is 45.1 Å². The van der Waals surface area contributed by atoms with E-state index in [9.17, 15) is 26.3 Å². The average molecular weight is 901 g/mol. The van der Waals surface area contributed by atoms with Crippen LogP contribution in [0, 0.1) is 0 Å². The van der Waals surface area contributed by atoms with Gasteiger partial charge in [0, 0.05) is 48.5 Å². The first kappa shape index (κ1) is 46.3. The zero-order valence-electron chi connectivity index (χ0n) is 35.2. The molecule has 2 aromatic heterocycles. The third-order valence-corrected chi connectivity index (χ3v) is 10.9. The average Bonchev–Trinajstić information content (AvgIpc) is 3.30. The van der Waals surface area contributed by atoms with E-state index < -0.39 is 24.3 Å². The first-order chi connectivity index (χ1) is 31.6. The third-order valence-electron chi connectivity index (χ3n) is 10.9. The molecular weight excluding hydrogens is 859 g/mol. The maximum Gasteiger partial charge on any atom is 0.430 e. The first-order valence-electron chi connectivity index (χ1n) is 20.8. The molecule has 14 heteroatoms. The predicted molar refractivity (Wildman–Crippen MR) is 235 cm³/mol. The summed E-state index contributed by atoms with van der Waals surface area (Å²) in [6.07, 6.45) is -4.13. The van der Waals surface area contributed by atoms with E-state index in [4.69, 9.17) is 19.8 Å². The SMILES string of the molecule is O=C([O-])C(F)(F)F.O=C([O-])C(F)(F)F.c1ccc2c(c1)c1cc[n+]2Cc2ccc(cc2)Cc2ccc(cc2)C[n+]2ccc(c3ccccc32)NCc2ccc(cc2)Cc2ccc(cc2)CN1. The summed E-state index contributed by atoms with van der Waals surface area (Å²) in [6.45, 7) is 3.19. The minimum absolute atomic E-state index is 0.775. The summed E-state index contributed by atoms with van der Waals surface area (Å²) >= 11 is 0. The van der Waals surface area contributed by atoms with Gasteiger partial charge in [0.2, 0.25) is 11.0 Å². The molecule has 336 valence electrons. The predicted octanol–water partition coefficient (Wildman–Crippen LogP) is 7.98. The number of benzene rings is 6. The van der Waals surface area contributed by atoms with Gasteiger partial charge in [0.1, 0.15) is 11.9 Å². The summed E-state index contributed by atoms with van der Waals surface area (Å²) in [6, 6.07) is 58.1.